The van der Waals surface area contributed by atoms with E-state index >= 15 is 0 Å². The Labute approximate surface area is 146 Å². The Kier molecular flexibility index (Phi) is 3.77. The van der Waals surface area contributed by atoms with Crippen LogP contribution in [0.4, 0.5) is 5.69 Å². The van der Waals surface area contributed by atoms with Gasteiger partial charge in [0.25, 0.3) is 0 Å². The highest BCUT2D eigenvalue weighted by molar-refractivity contribution is 6.31. The Morgan fingerprint density at radius 2 is 2.08 bits per heavy atom. The summed E-state index contributed by atoms with van der Waals surface area (Å²) in [7, 11) is 0. The number of hydrazone groups is 1. The lowest BCUT2D eigenvalue weighted by molar-refractivity contribution is 0.699. The number of hydrogen-bond acceptors (Lipinski definition) is 3. The molecule has 1 aliphatic rings. The highest BCUT2D eigenvalue weighted by Gasteiger charge is 2.26. The first kappa shape index (κ1) is 15.2. The zero-order valence-electron chi connectivity index (χ0n) is 13.8. The topological polar surface area (TPSA) is 42.2 Å². The minimum atomic E-state index is 0.683. The second kappa shape index (κ2) is 5.95. The lowest BCUT2D eigenvalue weighted by Crippen LogP contribution is -1.99. The van der Waals surface area contributed by atoms with Crippen LogP contribution in [-0.2, 0) is 0 Å². The van der Waals surface area contributed by atoms with Crippen LogP contribution in [-0.4, -0.2) is 15.8 Å². The number of aromatic nitrogens is 2. The molecule has 3 aromatic rings. The van der Waals surface area contributed by atoms with Crippen molar-refractivity contribution in [2.75, 3.05) is 5.43 Å². The number of rotatable bonds is 4. The van der Waals surface area contributed by atoms with Crippen LogP contribution in [0.15, 0.2) is 41.6 Å². The smallest absolute Gasteiger partial charge is 0.0738 e. The van der Waals surface area contributed by atoms with Gasteiger partial charge in [0.15, 0.2) is 0 Å². The fourth-order valence-corrected chi connectivity index (χ4v) is 3.38. The molecular weight excluding hydrogens is 320 g/mol. The van der Waals surface area contributed by atoms with Gasteiger partial charge in [-0.2, -0.15) is 5.10 Å². The maximum absolute atomic E-state index is 6.03. The SMILES string of the molecule is Cc1cc(/C=N\Nc2ccnc3cc(Cl)ccc23)c(C)n1C1CC1. The molecule has 4 nitrogen and oxygen atoms in total. The molecule has 24 heavy (non-hydrogen) atoms. The molecule has 1 saturated carbocycles. The van der Waals surface area contributed by atoms with Crippen LogP contribution >= 0.6 is 11.6 Å². The zero-order valence-corrected chi connectivity index (χ0v) is 14.5. The summed E-state index contributed by atoms with van der Waals surface area (Å²) in [5.74, 6) is 0. The van der Waals surface area contributed by atoms with Gasteiger partial charge in [0.2, 0.25) is 0 Å². The second-order valence-corrected chi connectivity index (χ2v) is 6.75. The molecule has 0 amide bonds. The predicted molar refractivity (Wildman–Crippen MR) is 100 cm³/mol. The van der Waals surface area contributed by atoms with Gasteiger partial charge in [-0.3, -0.25) is 10.4 Å². The van der Waals surface area contributed by atoms with E-state index in [4.69, 9.17) is 11.6 Å². The molecule has 1 aliphatic carbocycles. The molecule has 0 unspecified atom stereocenters. The van der Waals surface area contributed by atoms with Crippen molar-refractivity contribution < 1.29 is 0 Å². The van der Waals surface area contributed by atoms with Crippen molar-refractivity contribution in [2.24, 2.45) is 5.10 Å². The third kappa shape index (κ3) is 2.78. The molecule has 0 saturated heterocycles. The van der Waals surface area contributed by atoms with E-state index in [0.29, 0.717) is 11.1 Å². The normalized spacial score (nSPS) is 14.6. The first-order chi connectivity index (χ1) is 11.6. The molecule has 0 aliphatic heterocycles. The Morgan fingerprint density at radius 3 is 2.88 bits per heavy atom. The van der Waals surface area contributed by atoms with E-state index in [1.54, 1.807) is 6.20 Å². The molecule has 4 rings (SSSR count). The summed E-state index contributed by atoms with van der Waals surface area (Å²) in [4.78, 5) is 4.34. The Bertz CT molecular complexity index is 938. The lowest BCUT2D eigenvalue weighted by atomic mass is 10.2. The molecule has 1 N–H and O–H groups in total. The average Bonchev–Trinajstić information content (AvgIpc) is 3.34. The van der Waals surface area contributed by atoms with Gasteiger partial charge in [-0.05, 0) is 57.0 Å². The van der Waals surface area contributed by atoms with Crippen molar-refractivity contribution in [2.45, 2.75) is 32.7 Å². The number of benzene rings is 1. The maximum atomic E-state index is 6.03. The van der Waals surface area contributed by atoms with Crippen LogP contribution in [0.2, 0.25) is 5.02 Å². The van der Waals surface area contributed by atoms with Crippen LogP contribution in [0.1, 0.15) is 35.8 Å². The standard InChI is InChI=1S/C19H19ClN4/c1-12-9-14(13(2)24(12)16-4-5-16)11-22-23-18-7-8-21-19-10-15(20)3-6-17(18)19/h3,6-11,16H,4-5H2,1-2H3,(H,21,23)/b22-11-. The van der Waals surface area contributed by atoms with E-state index in [9.17, 15) is 0 Å². The lowest BCUT2D eigenvalue weighted by Gasteiger charge is -2.07. The highest BCUT2D eigenvalue weighted by Crippen LogP contribution is 2.38. The van der Waals surface area contributed by atoms with E-state index in [1.807, 2.05) is 30.5 Å². The molecule has 0 radical (unpaired) electrons. The van der Waals surface area contributed by atoms with Crippen molar-refractivity contribution in [1.82, 2.24) is 9.55 Å². The molecule has 5 heteroatoms. The molecule has 0 atom stereocenters. The zero-order chi connectivity index (χ0) is 16.7. The fraction of sp³-hybridized carbons (Fsp3) is 0.263. The summed E-state index contributed by atoms with van der Waals surface area (Å²) in [6.45, 7) is 4.33. The number of halogens is 1. The number of fused-ring (bicyclic) bond motifs is 1. The van der Waals surface area contributed by atoms with E-state index in [2.05, 4.69) is 40.0 Å². The van der Waals surface area contributed by atoms with Crippen LogP contribution in [0.5, 0.6) is 0 Å². The van der Waals surface area contributed by atoms with E-state index in [0.717, 1.165) is 22.2 Å². The van der Waals surface area contributed by atoms with E-state index in [1.165, 1.54) is 24.2 Å². The molecule has 2 aromatic heterocycles. The minimum absolute atomic E-state index is 0.683. The number of hydrogen-bond donors (Lipinski definition) is 1. The van der Waals surface area contributed by atoms with Crippen LogP contribution < -0.4 is 5.43 Å². The Morgan fingerprint density at radius 1 is 1.25 bits per heavy atom. The largest absolute Gasteiger partial charge is 0.345 e. The molecule has 1 aromatic carbocycles. The molecule has 0 spiro atoms. The van der Waals surface area contributed by atoms with Gasteiger partial charge in [-0.15, -0.1) is 0 Å². The number of anilines is 1. The monoisotopic (exact) mass is 338 g/mol. The summed E-state index contributed by atoms with van der Waals surface area (Å²) in [5.41, 5.74) is 8.66. The highest BCUT2D eigenvalue weighted by atomic mass is 35.5. The van der Waals surface area contributed by atoms with Gasteiger partial charge >= 0.3 is 0 Å². The average molecular weight is 339 g/mol. The molecule has 1 fully saturated rings. The van der Waals surface area contributed by atoms with Crippen molar-refractivity contribution in [1.29, 1.82) is 0 Å². The van der Waals surface area contributed by atoms with Gasteiger partial charge in [-0.1, -0.05) is 11.6 Å². The summed E-state index contributed by atoms with van der Waals surface area (Å²) < 4.78 is 2.42. The van der Waals surface area contributed by atoms with E-state index < -0.39 is 0 Å². The number of nitrogens with one attached hydrogen (secondary N) is 1. The molecular formula is C19H19ClN4. The van der Waals surface area contributed by atoms with Gasteiger partial charge in [0.05, 0.1) is 17.4 Å². The number of aryl methyl sites for hydroxylation is 1. The quantitative estimate of drug-likeness (QED) is 0.532. The Hall–Kier alpha value is -2.33. The summed E-state index contributed by atoms with van der Waals surface area (Å²) in [6, 6.07) is 10.5. The van der Waals surface area contributed by atoms with Gasteiger partial charge in [0, 0.05) is 39.6 Å². The summed E-state index contributed by atoms with van der Waals surface area (Å²) in [5, 5.41) is 6.12. The first-order valence-electron chi connectivity index (χ1n) is 8.15. The van der Waals surface area contributed by atoms with Gasteiger partial charge in [-0.25, -0.2) is 0 Å². The molecule has 0 bridgehead atoms. The second-order valence-electron chi connectivity index (χ2n) is 6.32. The van der Waals surface area contributed by atoms with Crippen molar-refractivity contribution in [3.8, 4) is 0 Å². The fourth-order valence-electron chi connectivity index (χ4n) is 3.22. The summed E-state index contributed by atoms with van der Waals surface area (Å²) in [6.07, 6.45) is 6.23. The van der Waals surface area contributed by atoms with Crippen molar-refractivity contribution >= 4 is 34.4 Å². The third-order valence-corrected chi connectivity index (χ3v) is 4.76. The molecule has 122 valence electrons. The summed E-state index contributed by atoms with van der Waals surface area (Å²) >= 11 is 6.03. The van der Waals surface area contributed by atoms with Crippen LogP contribution in [0.25, 0.3) is 10.9 Å². The minimum Gasteiger partial charge on any atom is -0.345 e. The Balaban J connectivity index is 1.59. The van der Waals surface area contributed by atoms with Gasteiger partial charge < -0.3 is 4.57 Å². The van der Waals surface area contributed by atoms with Crippen molar-refractivity contribution in [3.05, 3.63) is 58.5 Å². The number of pyridine rings is 1. The third-order valence-electron chi connectivity index (χ3n) is 4.53. The van der Waals surface area contributed by atoms with Crippen LogP contribution in [0, 0.1) is 13.8 Å². The van der Waals surface area contributed by atoms with E-state index in [-0.39, 0.29) is 0 Å². The number of nitrogens with zero attached hydrogens (tertiary/aromatic N) is 3. The predicted octanol–water partition coefficient (Wildman–Crippen LogP) is 5.09. The van der Waals surface area contributed by atoms with Crippen LogP contribution in [0.3, 0.4) is 0 Å². The van der Waals surface area contributed by atoms with Gasteiger partial charge in [0.1, 0.15) is 0 Å². The first-order valence-corrected chi connectivity index (χ1v) is 8.53. The van der Waals surface area contributed by atoms with Crippen molar-refractivity contribution in [3.63, 3.8) is 0 Å². The molecule has 2 heterocycles. The maximum Gasteiger partial charge on any atom is 0.0738 e.